The largest absolute Gasteiger partial charge is 0.462 e. The van der Waals surface area contributed by atoms with Crippen LogP contribution in [-0.2, 0) is 28.5 Å². The van der Waals surface area contributed by atoms with Crippen molar-refractivity contribution in [2.45, 2.75) is 179 Å². The molecule has 0 aromatic rings. The third-order valence-electron chi connectivity index (χ3n) is 9.09. The molecule has 1 fully saturated rings. The van der Waals surface area contributed by atoms with E-state index in [1.54, 1.807) is 0 Å². The molecule has 0 aromatic carbocycles. The van der Waals surface area contributed by atoms with Crippen molar-refractivity contribution in [3.63, 3.8) is 0 Å². The zero-order valence-electron chi connectivity index (χ0n) is 33.9. The van der Waals surface area contributed by atoms with Crippen LogP contribution in [0.15, 0.2) is 72.9 Å². The second-order valence-corrected chi connectivity index (χ2v) is 14.0. The number of unbranched alkanes of at least 4 members (excludes halogenated alkanes) is 10. The number of carbonyl (C=O) groups excluding carboxylic acids is 2. The second kappa shape index (κ2) is 35.5. The molecule has 0 saturated carbocycles. The molecule has 55 heavy (non-hydrogen) atoms. The van der Waals surface area contributed by atoms with Crippen molar-refractivity contribution in [3.05, 3.63) is 72.9 Å². The molecule has 0 radical (unpaired) electrons. The molecule has 314 valence electrons. The zero-order valence-corrected chi connectivity index (χ0v) is 33.9. The summed E-state index contributed by atoms with van der Waals surface area (Å²) in [7, 11) is 0. The van der Waals surface area contributed by atoms with Gasteiger partial charge in [0.25, 0.3) is 0 Å². The average Bonchev–Trinajstić information content (AvgIpc) is 3.18. The van der Waals surface area contributed by atoms with Gasteiger partial charge in [-0.2, -0.15) is 0 Å². The van der Waals surface area contributed by atoms with Crippen LogP contribution in [0.3, 0.4) is 0 Å². The summed E-state index contributed by atoms with van der Waals surface area (Å²) in [5.41, 5.74) is 0. The molecule has 0 spiro atoms. The van der Waals surface area contributed by atoms with E-state index in [-0.39, 0.29) is 26.1 Å². The summed E-state index contributed by atoms with van der Waals surface area (Å²) in [5, 5.41) is 40.0. The number of carbonyl (C=O) groups is 2. The molecular weight excluding hydrogens is 700 g/mol. The highest BCUT2D eigenvalue weighted by molar-refractivity contribution is 5.70. The number of ether oxygens (including phenoxy) is 4. The molecule has 6 atom stereocenters. The molecule has 4 N–H and O–H groups in total. The van der Waals surface area contributed by atoms with Crippen LogP contribution in [0.2, 0.25) is 0 Å². The first-order valence-electron chi connectivity index (χ1n) is 21.0. The monoisotopic (exact) mass is 775 g/mol. The maximum absolute atomic E-state index is 12.7. The molecule has 0 aromatic heterocycles. The summed E-state index contributed by atoms with van der Waals surface area (Å²) in [6, 6.07) is 0. The number of esters is 2. The van der Waals surface area contributed by atoms with Crippen molar-refractivity contribution in [3.8, 4) is 0 Å². The number of aliphatic hydroxyl groups is 4. The minimum Gasteiger partial charge on any atom is -0.462 e. The van der Waals surface area contributed by atoms with E-state index < -0.39 is 55.4 Å². The van der Waals surface area contributed by atoms with E-state index in [0.29, 0.717) is 12.8 Å². The van der Waals surface area contributed by atoms with Gasteiger partial charge in [-0.15, -0.1) is 0 Å². The van der Waals surface area contributed by atoms with Crippen LogP contribution >= 0.6 is 0 Å². The standard InChI is InChI=1S/C45H74O10/c1-3-5-7-9-11-13-15-17-19-21-23-25-27-29-31-33-40(47)52-36-38(37-53-45-44(51)43(50)42(49)39(35-46)55-45)54-41(48)34-32-30-28-26-24-22-20-18-16-14-12-10-8-6-4-2/h5-8,11-14,17-20,38-39,42-46,49-51H,3-4,9-10,15-16,21-37H2,1-2H3/b7-5-,8-6-,13-11-,14-12-,19-17-,20-18-/t38?,39-,42+,43+,44-,45+/m1/s1. The highest BCUT2D eigenvalue weighted by Gasteiger charge is 2.44. The fourth-order valence-electron chi connectivity index (χ4n) is 5.80. The predicted octanol–water partition coefficient (Wildman–Crippen LogP) is 8.44. The third-order valence-corrected chi connectivity index (χ3v) is 9.09. The van der Waals surface area contributed by atoms with Gasteiger partial charge >= 0.3 is 11.9 Å². The molecule has 1 aliphatic heterocycles. The summed E-state index contributed by atoms with van der Waals surface area (Å²) in [6.07, 6.45) is 36.2. The number of hydrogen-bond donors (Lipinski definition) is 4. The highest BCUT2D eigenvalue weighted by Crippen LogP contribution is 2.22. The van der Waals surface area contributed by atoms with Crippen LogP contribution in [0.1, 0.15) is 142 Å². The van der Waals surface area contributed by atoms with Crippen LogP contribution in [0.4, 0.5) is 0 Å². The second-order valence-electron chi connectivity index (χ2n) is 14.0. The van der Waals surface area contributed by atoms with Gasteiger partial charge in [0.15, 0.2) is 12.4 Å². The maximum atomic E-state index is 12.7. The molecule has 0 amide bonds. The summed E-state index contributed by atoms with van der Waals surface area (Å²) >= 11 is 0. The average molecular weight is 775 g/mol. The van der Waals surface area contributed by atoms with Gasteiger partial charge in [0, 0.05) is 12.8 Å². The minimum absolute atomic E-state index is 0.202. The Bertz CT molecular complexity index is 1120. The molecule has 1 saturated heterocycles. The summed E-state index contributed by atoms with van der Waals surface area (Å²) in [5.74, 6) is -0.855. The van der Waals surface area contributed by atoms with E-state index >= 15 is 0 Å². The minimum atomic E-state index is -1.60. The van der Waals surface area contributed by atoms with Crippen LogP contribution in [0.5, 0.6) is 0 Å². The fraction of sp³-hybridized carbons (Fsp3) is 0.689. The first kappa shape index (κ1) is 50.2. The maximum Gasteiger partial charge on any atom is 0.306 e. The molecule has 1 rings (SSSR count). The van der Waals surface area contributed by atoms with Crippen LogP contribution in [0, 0.1) is 0 Å². The van der Waals surface area contributed by atoms with Crippen molar-refractivity contribution in [2.75, 3.05) is 19.8 Å². The summed E-state index contributed by atoms with van der Waals surface area (Å²) in [4.78, 5) is 25.3. The van der Waals surface area contributed by atoms with Crippen molar-refractivity contribution in [2.24, 2.45) is 0 Å². The molecule has 1 heterocycles. The van der Waals surface area contributed by atoms with Crippen molar-refractivity contribution >= 4 is 11.9 Å². The molecule has 0 aliphatic carbocycles. The Balaban J connectivity index is 2.39. The third kappa shape index (κ3) is 27.4. The Morgan fingerprint density at radius 1 is 0.564 bits per heavy atom. The number of hydrogen-bond acceptors (Lipinski definition) is 10. The molecule has 0 bridgehead atoms. The van der Waals surface area contributed by atoms with E-state index in [2.05, 4.69) is 86.8 Å². The van der Waals surface area contributed by atoms with Crippen LogP contribution in [0.25, 0.3) is 0 Å². The van der Waals surface area contributed by atoms with E-state index in [4.69, 9.17) is 18.9 Å². The quantitative estimate of drug-likeness (QED) is 0.0291. The zero-order chi connectivity index (χ0) is 40.2. The van der Waals surface area contributed by atoms with Gasteiger partial charge in [0.1, 0.15) is 31.0 Å². The van der Waals surface area contributed by atoms with Crippen LogP contribution in [-0.4, -0.2) is 89.0 Å². The molecular formula is C45H74O10. The van der Waals surface area contributed by atoms with Gasteiger partial charge in [0.05, 0.1) is 13.2 Å². The fourth-order valence-corrected chi connectivity index (χ4v) is 5.80. The molecule has 10 nitrogen and oxygen atoms in total. The lowest BCUT2D eigenvalue weighted by Crippen LogP contribution is -2.59. The Morgan fingerprint density at radius 3 is 1.53 bits per heavy atom. The first-order chi connectivity index (χ1) is 26.8. The van der Waals surface area contributed by atoms with Crippen molar-refractivity contribution in [1.29, 1.82) is 0 Å². The van der Waals surface area contributed by atoms with Crippen molar-refractivity contribution in [1.82, 2.24) is 0 Å². The number of rotatable bonds is 33. The van der Waals surface area contributed by atoms with Gasteiger partial charge in [-0.25, -0.2) is 0 Å². The van der Waals surface area contributed by atoms with E-state index in [0.717, 1.165) is 103 Å². The Hall–Kier alpha value is -2.86. The number of allylic oxidation sites excluding steroid dienone is 12. The lowest BCUT2D eigenvalue weighted by molar-refractivity contribution is -0.305. The Labute approximate surface area is 332 Å². The normalized spacial score (nSPS) is 21.3. The lowest BCUT2D eigenvalue weighted by Gasteiger charge is -2.39. The smallest absolute Gasteiger partial charge is 0.306 e. The van der Waals surface area contributed by atoms with Gasteiger partial charge in [-0.1, -0.05) is 125 Å². The van der Waals surface area contributed by atoms with E-state index in [1.165, 1.54) is 0 Å². The Morgan fingerprint density at radius 2 is 1.02 bits per heavy atom. The predicted molar refractivity (Wildman–Crippen MR) is 219 cm³/mol. The summed E-state index contributed by atoms with van der Waals surface area (Å²) < 4.78 is 22.1. The van der Waals surface area contributed by atoms with Gasteiger partial charge in [-0.3, -0.25) is 9.59 Å². The molecule has 10 heteroatoms. The highest BCUT2D eigenvalue weighted by atomic mass is 16.7. The molecule has 1 aliphatic rings. The van der Waals surface area contributed by atoms with E-state index in [1.807, 2.05) is 0 Å². The summed E-state index contributed by atoms with van der Waals surface area (Å²) in [6.45, 7) is 3.14. The molecule has 1 unspecified atom stereocenters. The van der Waals surface area contributed by atoms with Crippen molar-refractivity contribution < 1.29 is 49.0 Å². The van der Waals surface area contributed by atoms with E-state index in [9.17, 15) is 30.0 Å². The number of aliphatic hydroxyl groups excluding tert-OH is 4. The Kier molecular flexibility index (Phi) is 32.4. The van der Waals surface area contributed by atoms with Gasteiger partial charge < -0.3 is 39.4 Å². The topological polar surface area (TPSA) is 152 Å². The van der Waals surface area contributed by atoms with Gasteiger partial charge in [0.2, 0.25) is 0 Å². The van der Waals surface area contributed by atoms with Crippen LogP contribution < -0.4 is 0 Å². The lowest BCUT2D eigenvalue weighted by atomic mass is 9.99. The SMILES string of the molecule is CC/C=C\C/C=C\C/C=C\CCCCCCCC(=O)OCC(CO[C@H]1O[C@H](CO)[C@H](O)[C@H](O)[C@H]1O)OC(=O)CCCCCCC/C=C\C/C=C\C/C=C\CC. The first-order valence-corrected chi connectivity index (χ1v) is 21.0. The van der Waals surface area contributed by atoms with Gasteiger partial charge in [-0.05, 0) is 77.0 Å².